The van der Waals surface area contributed by atoms with E-state index in [1.807, 2.05) is 0 Å². The second-order valence-electron chi connectivity index (χ2n) is 12.0. The summed E-state index contributed by atoms with van der Waals surface area (Å²) in [5, 5.41) is 40.4. The van der Waals surface area contributed by atoms with Crippen molar-refractivity contribution in [2.45, 2.75) is 134 Å². The van der Waals surface area contributed by atoms with Crippen LogP contribution in [-0.2, 0) is 5.41 Å². The summed E-state index contributed by atoms with van der Waals surface area (Å²) in [7, 11) is -2.52. The second kappa shape index (κ2) is 16.6. The van der Waals surface area contributed by atoms with Crippen molar-refractivity contribution in [1.29, 1.82) is 0 Å². The van der Waals surface area contributed by atoms with E-state index in [0.717, 1.165) is 77.0 Å². The predicted molar refractivity (Wildman–Crippen MR) is 166 cm³/mol. The van der Waals surface area contributed by atoms with Crippen LogP contribution in [0.4, 0.5) is 0 Å². The molecule has 3 rings (SSSR count). The van der Waals surface area contributed by atoms with Gasteiger partial charge in [-0.15, -0.1) is 0 Å². The SMILES string of the molecule is CCCCCCCCC(CC1(CCCCCCC(CCC)B(O)O)c2ccccc2-c2ccccc21)B(O)O. The lowest BCUT2D eigenvalue weighted by Gasteiger charge is -2.36. The Kier molecular flexibility index (Phi) is 13.6. The molecule has 0 spiro atoms. The van der Waals surface area contributed by atoms with Gasteiger partial charge in [-0.05, 0) is 46.7 Å². The van der Waals surface area contributed by atoms with Crippen LogP contribution in [0.2, 0.25) is 11.6 Å². The minimum atomic E-state index is -1.31. The fraction of sp³-hybridized carbons (Fsp3) is 0.636. The summed E-state index contributed by atoms with van der Waals surface area (Å²) in [6.07, 6.45) is 16.7. The van der Waals surface area contributed by atoms with Gasteiger partial charge in [0.15, 0.2) is 0 Å². The van der Waals surface area contributed by atoms with Crippen molar-refractivity contribution in [3.63, 3.8) is 0 Å². The summed E-state index contributed by atoms with van der Waals surface area (Å²) >= 11 is 0. The molecule has 4 nitrogen and oxygen atoms in total. The van der Waals surface area contributed by atoms with Crippen LogP contribution in [0.1, 0.15) is 128 Å². The fourth-order valence-corrected chi connectivity index (χ4v) is 7.00. The van der Waals surface area contributed by atoms with Gasteiger partial charge in [0, 0.05) is 5.41 Å². The number of unbranched alkanes of at least 4 members (excludes halogenated alkanes) is 8. The molecule has 2 atom stereocenters. The molecule has 2 aromatic rings. The van der Waals surface area contributed by atoms with Crippen LogP contribution in [-0.4, -0.2) is 34.3 Å². The molecule has 0 heterocycles. The lowest BCUT2D eigenvalue weighted by atomic mass is 9.59. The van der Waals surface area contributed by atoms with Gasteiger partial charge in [0.1, 0.15) is 0 Å². The Hall–Kier alpha value is -1.59. The molecule has 0 amide bonds. The maximum atomic E-state index is 10.5. The minimum absolute atomic E-state index is 0.0244. The highest BCUT2D eigenvalue weighted by atomic mass is 16.4. The van der Waals surface area contributed by atoms with Crippen molar-refractivity contribution in [1.82, 2.24) is 0 Å². The molecule has 0 saturated carbocycles. The van der Waals surface area contributed by atoms with Gasteiger partial charge in [0.05, 0.1) is 0 Å². The van der Waals surface area contributed by atoms with Gasteiger partial charge < -0.3 is 20.1 Å². The van der Waals surface area contributed by atoms with Crippen molar-refractivity contribution in [2.24, 2.45) is 0 Å². The number of hydrogen-bond donors (Lipinski definition) is 4. The third kappa shape index (κ3) is 8.70. The Morgan fingerprint density at radius 2 is 1.05 bits per heavy atom. The topological polar surface area (TPSA) is 80.9 Å². The van der Waals surface area contributed by atoms with E-state index in [1.165, 1.54) is 47.9 Å². The summed E-state index contributed by atoms with van der Waals surface area (Å²) in [6.45, 7) is 4.33. The number of hydrogen-bond acceptors (Lipinski definition) is 4. The van der Waals surface area contributed by atoms with Gasteiger partial charge in [-0.3, -0.25) is 0 Å². The zero-order valence-electron chi connectivity index (χ0n) is 24.5. The van der Waals surface area contributed by atoms with Crippen LogP contribution in [0.25, 0.3) is 11.1 Å². The molecule has 2 unspecified atom stereocenters. The van der Waals surface area contributed by atoms with Gasteiger partial charge in [-0.25, -0.2) is 0 Å². The largest absolute Gasteiger partial charge is 0.454 e. The number of rotatable bonds is 20. The van der Waals surface area contributed by atoms with Gasteiger partial charge in [-0.1, -0.05) is 152 Å². The van der Waals surface area contributed by atoms with Crippen molar-refractivity contribution in [3.8, 4) is 11.1 Å². The van der Waals surface area contributed by atoms with E-state index in [-0.39, 0.29) is 17.0 Å². The van der Waals surface area contributed by atoms with E-state index < -0.39 is 14.2 Å². The van der Waals surface area contributed by atoms with Crippen molar-refractivity contribution < 1.29 is 20.1 Å². The van der Waals surface area contributed by atoms with E-state index in [0.29, 0.717) is 0 Å². The molecule has 214 valence electrons. The Balaban J connectivity index is 1.73. The standard InChI is InChI=1S/C33H52B2O4/c1-3-5-6-7-8-12-20-28(35(38)39)26-33(25-17-10-9-11-19-27(18-4-2)34(36)37)31-23-15-13-21-29(31)30-22-14-16-24-32(30)33/h13-16,21-24,27-28,36-39H,3-12,17-20,25-26H2,1-2H3. The summed E-state index contributed by atoms with van der Waals surface area (Å²) in [5.41, 5.74) is 5.05. The third-order valence-corrected chi connectivity index (χ3v) is 9.15. The fourth-order valence-electron chi connectivity index (χ4n) is 7.00. The van der Waals surface area contributed by atoms with Crippen molar-refractivity contribution in [2.75, 3.05) is 0 Å². The molecule has 6 heteroatoms. The predicted octanol–water partition coefficient (Wildman–Crippen LogP) is 7.92. The van der Waals surface area contributed by atoms with Crippen LogP contribution < -0.4 is 0 Å². The molecule has 0 saturated heterocycles. The van der Waals surface area contributed by atoms with Crippen LogP contribution >= 0.6 is 0 Å². The highest BCUT2D eigenvalue weighted by Crippen LogP contribution is 2.55. The number of benzene rings is 2. The highest BCUT2D eigenvalue weighted by Gasteiger charge is 2.45. The highest BCUT2D eigenvalue weighted by molar-refractivity contribution is 6.43. The van der Waals surface area contributed by atoms with Crippen LogP contribution in [0, 0.1) is 0 Å². The van der Waals surface area contributed by atoms with Crippen LogP contribution in [0.5, 0.6) is 0 Å². The first-order valence-electron chi connectivity index (χ1n) is 15.9. The smallest absolute Gasteiger partial charge is 0.427 e. The zero-order valence-corrected chi connectivity index (χ0v) is 24.5. The Labute approximate surface area is 238 Å². The molecular weight excluding hydrogens is 482 g/mol. The third-order valence-electron chi connectivity index (χ3n) is 9.15. The summed E-state index contributed by atoms with van der Waals surface area (Å²) in [6, 6.07) is 17.5. The van der Waals surface area contributed by atoms with E-state index in [1.54, 1.807) is 0 Å². The summed E-state index contributed by atoms with van der Waals surface area (Å²) in [5.74, 6) is -0.181. The number of fused-ring (bicyclic) bond motifs is 3. The molecular formula is C33H52B2O4. The quantitative estimate of drug-likeness (QED) is 0.103. The zero-order chi connectivity index (χ0) is 28.1. The Bertz CT molecular complexity index is 919. The van der Waals surface area contributed by atoms with Gasteiger partial charge in [0.25, 0.3) is 0 Å². The molecule has 0 aromatic heterocycles. The molecule has 0 bridgehead atoms. The summed E-state index contributed by atoms with van der Waals surface area (Å²) in [4.78, 5) is 0. The molecule has 0 aliphatic heterocycles. The lowest BCUT2D eigenvalue weighted by molar-refractivity contribution is 0.330. The molecule has 39 heavy (non-hydrogen) atoms. The average molecular weight is 534 g/mol. The van der Waals surface area contributed by atoms with E-state index in [2.05, 4.69) is 62.4 Å². The minimum Gasteiger partial charge on any atom is -0.427 e. The normalized spacial score (nSPS) is 15.0. The summed E-state index contributed by atoms with van der Waals surface area (Å²) < 4.78 is 0. The molecule has 0 radical (unpaired) electrons. The average Bonchev–Trinajstić information content (AvgIpc) is 3.21. The van der Waals surface area contributed by atoms with Crippen molar-refractivity contribution >= 4 is 14.2 Å². The Morgan fingerprint density at radius 3 is 1.59 bits per heavy atom. The van der Waals surface area contributed by atoms with Crippen LogP contribution in [0.3, 0.4) is 0 Å². The van der Waals surface area contributed by atoms with Crippen LogP contribution in [0.15, 0.2) is 48.5 Å². The van der Waals surface area contributed by atoms with Gasteiger partial charge in [-0.2, -0.15) is 0 Å². The Morgan fingerprint density at radius 1 is 0.564 bits per heavy atom. The molecule has 0 fully saturated rings. The van der Waals surface area contributed by atoms with Gasteiger partial charge >= 0.3 is 14.2 Å². The van der Waals surface area contributed by atoms with E-state index in [9.17, 15) is 20.1 Å². The molecule has 1 aliphatic rings. The first-order chi connectivity index (χ1) is 18.9. The maximum absolute atomic E-state index is 10.5. The first-order valence-corrected chi connectivity index (χ1v) is 15.9. The maximum Gasteiger partial charge on any atom is 0.454 e. The molecule has 2 aromatic carbocycles. The lowest BCUT2D eigenvalue weighted by Crippen LogP contribution is -2.32. The van der Waals surface area contributed by atoms with E-state index in [4.69, 9.17) is 0 Å². The monoisotopic (exact) mass is 534 g/mol. The molecule has 1 aliphatic carbocycles. The van der Waals surface area contributed by atoms with Gasteiger partial charge in [0.2, 0.25) is 0 Å². The second-order valence-corrected chi connectivity index (χ2v) is 12.0. The first kappa shape index (κ1) is 31.9. The van der Waals surface area contributed by atoms with E-state index >= 15 is 0 Å². The molecule has 4 N–H and O–H groups in total. The van der Waals surface area contributed by atoms with Crippen molar-refractivity contribution in [3.05, 3.63) is 59.7 Å².